The van der Waals surface area contributed by atoms with E-state index in [0.717, 1.165) is 89.5 Å². The smallest absolute Gasteiger partial charge is 0.336 e. The normalized spacial score (nSPS) is 11.4. The minimum Gasteiger partial charge on any atom is -0.494 e. The van der Waals surface area contributed by atoms with Crippen molar-refractivity contribution in [3.05, 3.63) is 272 Å². The number of esters is 5. The maximum atomic E-state index is 13.9. The van der Waals surface area contributed by atoms with Crippen molar-refractivity contribution in [3.8, 4) is 39.9 Å². The van der Waals surface area contributed by atoms with Crippen molar-refractivity contribution in [2.75, 3.05) is 26.4 Å². The summed E-state index contributed by atoms with van der Waals surface area (Å²) in [7, 11) is 0. The van der Waals surface area contributed by atoms with Crippen LogP contribution in [0.3, 0.4) is 0 Å². The van der Waals surface area contributed by atoms with E-state index in [1.165, 1.54) is 18.2 Å². The van der Waals surface area contributed by atoms with Crippen LogP contribution in [0, 0.1) is 0 Å². The summed E-state index contributed by atoms with van der Waals surface area (Å²) in [6.45, 7) is 8.34. The van der Waals surface area contributed by atoms with Crippen LogP contribution < -0.4 is 23.7 Å². The highest BCUT2D eigenvalue weighted by Gasteiger charge is 2.22. The summed E-state index contributed by atoms with van der Waals surface area (Å²) in [6, 6.07) is 60.1. The van der Waals surface area contributed by atoms with Crippen LogP contribution in [0.25, 0.3) is 78.5 Å². The van der Waals surface area contributed by atoms with Gasteiger partial charge >= 0.3 is 29.8 Å². The summed E-state index contributed by atoms with van der Waals surface area (Å²) in [5.74, 6) is -0.429. The highest BCUT2D eigenvalue weighted by molar-refractivity contribution is 6.11. The predicted octanol–water partition coefficient (Wildman–Crippen LogP) is 16.4. The van der Waals surface area contributed by atoms with Gasteiger partial charge < -0.3 is 33.2 Å². The Kier molecular flexibility index (Phi) is 21.7. The molecule has 0 aliphatic rings. The molecule has 13 nitrogen and oxygen atoms in total. The molecule has 0 spiro atoms. The summed E-state index contributed by atoms with van der Waals surface area (Å²) in [5, 5.41) is 6.86. The Morgan fingerprint density at radius 2 is 0.728 bits per heavy atom. The lowest BCUT2D eigenvalue weighted by molar-refractivity contribution is -0.138. The lowest BCUT2D eigenvalue weighted by atomic mass is 9.92. The number of ether oxygens (including phenoxy) is 7. The number of hydrogen-bond donors (Lipinski definition) is 0. The lowest BCUT2D eigenvalue weighted by Crippen LogP contribution is -2.07. The first-order valence-electron chi connectivity index (χ1n) is 30.0. The van der Waals surface area contributed by atoms with Crippen molar-refractivity contribution in [2.24, 2.45) is 0 Å². The van der Waals surface area contributed by atoms with Crippen molar-refractivity contribution in [2.45, 2.75) is 32.1 Å². The van der Waals surface area contributed by atoms with Crippen LogP contribution >= 0.6 is 0 Å². The number of carbonyl (C=O) groups excluding carboxylic acids is 6. The van der Waals surface area contributed by atoms with Crippen LogP contribution in [0.4, 0.5) is 0 Å². The monoisotopic (exact) mass is 1220 g/mol. The fourth-order valence-corrected chi connectivity index (χ4v) is 10.1. The molecule has 92 heavy (non-hydrogen) atoms. The molecule has 0 unspecified atom stereocenters. The van der Waals surface area contributed by atoms with Crippen molar-refractivity contribution >= 4 is 103 Å². The van der Waals surface area contributed by atoms with Gasteiger partial charge in [-0.3, -0.25) is 4.79 Å². The van der Waals surface area contributed by atoms with E-state index in [9.17, 15) is 28.8 Å². The van der Waals surface area contributed by atoms with Crippen molar-refractivity contribution in [1.29, 1.82) is 0 Å². The zero-order chi connectivity index (χ0) is 64.0. The molecule has 0 radical (unpaired) electrons. The molecular weight excluding hydrogens is 1160 g/mol. The van der Waals surface area contributed by atoms with Gasteiger partial charge in [0.25, 0.3) is 0 Å². The van der Waals surface area contributed by atoms with Crippen LogP contribution in [0.5, 0.6) is 28.7 Å². The summed E-state index contributed by atoms with van der Waals surface area (Å²) < 4.78 is 39.5. The van der Waals surface area contributed by atoms with Gasteiger partial charge in [-0.25, -0.2) is 24.0 Å². The van der Waals surface area contributed by atoms with Crippen LogP contribution in [0.15, 0.2) is 244 Å². The second-order valence-electron chi connectivity index (χ2n) is 21.3. The van der Waals surface area contributed by atoms with Crippen molar-refractivity contribution in [3.63, 3.8) is 0 Å². The molecule has 0 fully saturated rings. The molecule has 0 bridgehead atoms. The molecule has 10 aromatic rings. The van der Waals surface area contributed by atoms with Gasteiger partial charge in [-0.2, -0.15) is 0 Å². The van der Waals surface area contributed by atoms with Gasteiger partial charge in [-0.15, -0.1) is 0 Å². The molecule has 0 atom stereocenters. The van der Waals surface area contributed by atoms with E-state index >= 15 is 0 Å². The number of allylic oxidation sites excluding steroid dienone is 1. The highest BCUT2D eigenvalue weighted by atomic mass is 16.6. The van der Waals surface area contributed by atoms with Gasteiger partial charge in [-0.05, 0) is 182 Å². The number of unbranched alkanes of at least 4 members (excludes halogenated alkanes) is 2. The fourth-order valence-electron chi connectivity index (χ4n) is 10.1. The second kappa shape index (κ2) is 31.5. The van der Waals surface area contributed by atoms with E-state index in [2.05, 4.69) is 13.2 Å². The fraction of sp³-hybridized carbons (Fsp3) is 0.114. The Balaban J connectivity index is 0.758. The molecule has 10 rings (SSSR count). The van der Waals surface area contributed by atoms with Gasteiger partial charge in [0.15, 0.2) is 5.78 Å². The Bertz CT molecular complexity index is 4220. The third-order valence-electron chi connectivity index (χ3n) is 14.7. The van der Waals surface area contributed by atoms with E-state index in [-0.39, 0.29) is 23.7 Å². The molecule has 0 amide bonds. The summed E-state index contributed by atoms with van der Waals surface area (Å²) >= 11 is 0. The number of hydrogen-bond acceptors (Lipinski definition) is 13. The summed E-state index contributed by atoms with van der Waals surface area (Å²) in [6.07, 6.45) is 17.8. The molecule has 0 aromatic heterocycles. The Hall–Kier alpha value is -11.7. The van der Waals surface area contributed by atoms with Gasteiger partial charge in [0.05, 0.1) is 26.4 Å². The summed E-state index contributed by atoms with van der Waals surface area (Å²) in [4.78, 5) is 76.0. The zero-order valence-corrected chi connectivity index (χ0v) is 50.3. The maximum Gasteiger partial charge on any atom is 0.336 e. The SMILES string of the molecule is C=CC(=O)OCCCCOc1ccc(/C=C/C(=O)Cc2ccc3cc(/C=C/C(=O)Oc4ccc5ccccc5c4-c4c(OC(=O)/C=C/c5ccc6cc(OC(=O)/C=C/c7ccc(OCCCCOC(=O)C=C)cc7)ccc6c5)ccc5ccccc45)ccc3c2)cc1. The number of benzene rings is 10. The van der Waals surface area contributed by atoms with E-state index in [0.29, 0.717) is 74.1 Å². The predicted molar refractivity (Wildman–Crippen MR) is 361 cm³/mol. The van der Waals surface area contributed by atoms with Crippen LogP contribution in [0.1, 0.15) is 53.5 Å². The molecule has 0 saturated carbocycles. The molecule has 10 aromatic carbocycles. The third-order valence-corrected chi connectivity index (χ3v) is 14.7. The third kappa shape index (κ3) is 17.8. The molecule has 0 aliphatic carbocycles. The molecule has 0 saturated heterocycles. The van der Waals surface area contributed by atoms with E-state index < -0.39 is 29.8 Å². The minimum absolute atomic E-state index is 0.0469. The van der Waals surface area contributed by atoms with Crippen LogP contribution in [0.2, 0.25) is 0 Å². The summed E-state index contributed by atoms with van der Waals surface area (Å²) in [5.41, 5.74) is 5.15. The maximum absolute atomic E-state index is 13.9. The number of ketones is 1. The minimum atomic E-state index is -0.629. The second-order valence-corrected chi connectivity index (χ2v) is 21.3. The Labute approximate surface area is 532 Å². The Morgan fingerprint density at radius 1 is 0.337 bits per heavy atom. The largest absolute Gasteiger partial charge is 0.494 e. The van der Waals surface area contributed by atoms with E-state index in [1.807, 2.05) is 170 Å². The quantitative estimate of drug-likeness (QED) is 0.0197. The van der Waals surface area contributed by atoms with E-state index in [1.54, 1.807) is 54.6 Å². The number of rotatable bonds is 28. The molecule has 458 valence electrons. The molecule has 13 heteroatoms. The first-order chi connectivity index (χ1) is 44.9. The van der Waals surface area contributed by atoms with Gasteiger partial charge in [-0.1, -0.05) is 153 Å². The zero-order valence-electron chi connectivity index (χ0n) is 50.3. The average molecular weight is 1220 g/mol. The van der Waals surface area contributed by atoms with Gasteiger partial charge in [0.1, 0.15) is 28.7 Å². The topological polar surface area (TPSA) is 167 Å². The Morgan fingerprint density at radius 3 is 1.24 bits per heavy atom. The van der Waals surface area contributed by atoms with Crippen LogP contribution in [-0.4, -0.2) is 62.1 Å². The average Bonchev–Trinajstić information content (AvgIpc) is 0.765. The molecule has 0 aliphatic heterocycles. The first-order valence-corrected chi connectivity index (χ1v) is 30.0. The van der Waals surface area contributed by atoms with E-state index in [4.69, 9.17) is 33.2 Å². The van der Waals surface area contributed by atoms with Gasteiger partial charge in [0, 0.05) is 47.9 Å². The number of fused-ring (bicyclic) bond motifs is 4. The lowest BCUT2D eigenvalue weighted by Gasteiger charge is -2.18. The standard InChI is InChI=1S/C79H64O13/c1-3-73(81)88-47-11-9-45-86-66-35-21-54(22-36-66)20-34-65(80)52-58-19-30-61-49-56(17-28-62(61)51-58)26-43-76(84)91-71-40-32-59-13-5-7-15-69(59)78(71)79-70-16-8-6-14-60(70)33-41-72(79)92-77(85)44-27-57-18-29-64-53-68(39-31-63(64)50-57)90-75(83)42-25-55-23-37-67(38-24-55)87-46-10-12-48-89-74(82)4-2/h3-8,13-44,49-51,53H,1-2,9-12,45-48,52H2/b34-20+,42-25+,43-26+,44-27+. The van der Waals surface area contributed by atoms with Crippen LogP contribution in [-0.2, 0) is 44.7 Å². The molecule has 0 heterocycles. The number of carbonyl (C=O) groups is 6. The highest BCUT2D eigenvalue weighted by Crippen LogP contribution is 2.46. The molecular formula is C79H64O13. The molecule has 0 N–H and O–H groups in total. The van der Waals surface area contributed by atoms with Crippen molar-refractivity contribution < 1.29 is 61.9 Å². The first kappa shape index (κ1) is 63.3. The van der Waals surface area contributed by atoms with Gasteiger partial charge in [0.2, 0.25) is 0 Å². The van der Waals surface area contributed by atoms with Crippen molar-refractivity contribution in [1.82, 2.24) is 0 Å².